The Morgan fingerprint density at radius 1 is 1.27 bits per heavy atom. The highest BCUT2D eigenvalue weighted by molar-refractivity contribution is 5.47. The molecular weight excluding hydrogens is 194 g/mol. The van der Waals surface area contributed by atoms with Gasteiger partial charge >= 0.3 is 0 Å². The van der Waals surface area contributed by atoms with Crippen molar-refractivity contribution in [3.05, 3.63) is 36.0 Å². The van der Waals surface area contributed by atoms with Gasteiger partial charge in [0.25, 0.3) is 0 Å². The van der Waals surface area contributed by atoms with E-state index in [-0.39, 0.29) is 12.4 Å². The van der Waals surface area contributed by atoms with Gasteiger partial charge in [0.15, 0.2) is 0 Å². The molecule has 5 heteroatoms. The highest BCUT2D eigenvalue weighted by atomic mass is 16.3. The van der Waals surface area contributed by atoms with Gasteiger partial charge in [-0.15, -0.1) is 0 Å². The molecule has 2 aromatic rings. The minimum Gasteiger partial charge on any atom is -0.508 e. The molecule has 0 aliphatic rings. The van der Waals surface area contributed by atoms with Gasteiger partial charge < -0.3 is 15.9 Å². The first kappa shape index (κ1) is 9.54. The molecule has 0 aliphatic carbocycles. The molecule has 15 heavy (non-hydrogen) atoms. The number of hydrogen-bond acceptors (Lipinski definition) is 4. The third-order valence-corrected chi connectivity index (χ3v) is 2.15. The fourth-order valence-electron chi connectivity index (χ4n) is 1.31. The molecule has 0 saturated carbocycles. The van der Waals surface area contributed by atoms with Crippen LogP contribution in [0.5, 0.6) is 5.75 Å². The molecule has 0 unspecified atom stereocenters. The van der Waals surface area contributed by atoms with Crippen molar-refractivity contribution in [2.45, 2.75) is 6.61 Å². The zero-order valence-electron chi connectivity index (χ0n) is 7.96. The minimum atomic E-state index is -0.135. The van der Waals surface area contributed by atoms with Gasteiger partial charge in [0.05, 0.1) is 18.5 Å². The summed E-state index contributed by atoms with van der Waals surface area (Å²) in [7, 11) is 0. The number of nitrogens with two attached hydrogens (primary N) is 1. The van der Waals surface area contributed by atoms with Crippen molar-refractivity contribution in [3.63, 3.8) is 0 Å². The summed E-state index contributed by atoms with van der Waals surface area (Å²) >= 11 is 0. The monoisotopic (exact) mass is 205 g/mol. The molecule has 0 spiro atoms. The quantitative estimate of drug-likeness (QED) is 0.672. The number of phenolic OH excluding ortho intramolecular Hbond substituents is 1. The van der Waals surface area contributed by atoms with E-state index in [0.717, 1.165) is 5.69 Å². The van der Waals surface area contributed by atoms with Crippen LogP contribution >= 0.6 is 0 Å². The number of benzene rings is 1. The van der Waals surface area contributed by atoms with Crippen LogP contribution in [0.1, 0.15) is 5.56 Å². The van der Waals surface area contributed by atoms with Crippen molar-refractivity contribution in [1.82, 2.24) is 9.78 Å². The number of aromatic hydroxyl groups is 1. The summed E-state index contributed by atoms with van der Waals surface area (Å²) < 4.78 is 1.50. The van der Waals surface area contributed by atoms with Crippen molar-refractivity contribution in [3.8, 4) is 11.4 Å². The fraction of sp³-hybridized carbons (Fsp3) is 0.100. The summed E-state index contributed by atoms with van der Waals surface area (Å²) in [6.07, 6.45) is 1.52. The Hall–Kier alpha value is -2.01. The van der Waals surface area contributed by atoms with Crippen LogP contribution in [0.15, 0.2) is 30.5 Å². The van der Waals surface area contributed by atoms with Crippen LogP contribution in [0.2, 0.25) is 0 Å². The summed E-state index contributed by atoms with van der Waals surface area (Å²) in [6.45, 7) is -0.135. The van der Waals surface area contributed by atoms with E-state index >= 15 is 0 Å². The van der Waals surface area contributed by atoms with Gasteiger partial charge in [-0.3, -0.25) is 0 Å². The van der Waals surface area contributed by atoms with Crippen molar-refractivity contribution in [1.29, 1.82) is 0 Å². The Morgan fingerprint density at radius 2 is 1.93 bits per heavy atom. The summed E-state index contributed by atoms with van der Waals surface area (Å²) in [5.41, 5.74) is 7.09. The maximum Gasteiger partial charge on any atom is 0.132 e. The van der Waals surface area contributed by atoms with Crippen molar-refractivity contribution in [2.75, 3.05) is 5.73 Å². The molecule has 1 aromatic carbocycles. The zero-order valence-corrected chi connectivity index (χ0v) is 7.96. The summed E-state index contributed by atoms with van der Waals surface area (Å²) in [5.74, 6) is 0.593. The van der Waals surface area contributed by atoms with Gasteiger partial charge in [-0.25, -0.2) is 4.68 Å². The average Bonchev–Trinajstić information content (AvgIpc) is 2.61. The first-order valence-corrected chi connectivity index (χ1v) is 4.45. The molecule has 0 aliphatic heterocycles. The van der Waals surface area contributed by atoms with Gasteiger partial charge in [0.2, 0.25) is 0 Å². The van der Waals surface area contributed by atoms with Gasteiger partial charge in [-0.05, 0) is 24.3 Å². The van der Waals surface area contributed by atoms with Crippen molar-refractivity contribution in [2.24, 2.45) is 0 Å². The summed E-state index contributed by atoms with van der Waals surface area (Å²) in [6, 6.07) is 6.49. The standard InChI is InChI=1S/C10H11N3O2/c11-10-7(6-14)5-12-13(10)8-1-3-9(15)4-2-8/h1-5,14-15H,6,11H2. The summed E-state index contributed by atoms with van der Waals surface area (Å²) in [4.78, 5) is 0. The molecule has 0 amide bonds. The van der Waals surface area contributed by atoms with Gasteiger partial charge in [-0.2, -0.15) is 5.10 Å². The lowest BCUT2D eigenvalue weighted by atomic mass is 10.3. The Kier molecular flexibility index (Phi) is 2.31. The smallest absolute Gasteiger partial charge is 0.132 e. The molecule has 0 atom stereocenters. The van der Waals surface area contributed by atoms with E-state index in [9.17, 15) is 0 Å². The predicted molar refractivity (Wildman–Crippen MR) is 55.6 cm³/mol. The molecule has 78 valence electrons. The molecule has 0 fully saturated rings. The number of nitrogens with zero attached hydrogens (tertiary/aromatic N) is 2. The topological polar surface area (TPSA) is 84.3 Å². The first-order valence-electron chi connectivity index (χ1n) is 4.45. The number of phenols is 1. The van der Waals surface area contributed by atoms with E-state index in [4.69, 9.17) is 15.9 Å². The largest absolute Gasteiger partial charge is 0.508 e. The van der Waals surface area contributed by atoms with E-state index in [0.29, 0.717) is 11.4 Å². The normalized spacial score (nSPS) is 10.5. The second-order valence-electron chi connectivity index (χ2n) is 3.14. The van der Waals surface area contributed by atoms with Crippen LogP contribution in [0.3, 0.4) is 0 Å². The van der Waals surface area contributed by atoms with Crippen LogP contribution < -0.4 is 5.73 Å². The summed E-state index contributed by atoms with van der Waals surface area (Å²) in [5, 5.41) is 22.1. The van der Waals surface area contributed by atoms with Crippen LogP contribution in [0.4, 0.5) is 5.82 Å². The lowest BCUT2D eigenvalue weighted by molar-refractivity contribution is 0.282. The van der Waals surface area contributed by atoms with E-state index in [1.165, 1.54) is 10.9 Å². The maximum atomic E-state index is 9.12. The number of aliphatic hydroxyl groups is 1. The number of aliphatic hydroxyl groups excluding tert-OH is 1. The lowest BCUT2D eigenvalue weighted by Crippen LogP contribution is -2.02. The van der Waals surface area contributed by atoms with E-state index in [2.05, 4.69) is 5.10 Å². The Bertz CT molecular complexity index is 462. The fourth-order valence-corrected chi connectivity index (χ4v) is 1.31. The molecule has 4 N–H and O–H groups in total. The highest BCUT2D eigenvalue weighted by Crippen LogP contribution is 2.18. The minimum absolute atomic E-state index is 0.135. The first-order chi connectivity index (χ1) is 7.22. The zero-order chi connectivity index (χ0) is 10.8. The van der Waals surface area contributed by atoms with Gasteiger partial charge in [0, 0.05) is 5.56 Å². The number of rotatable bonds is 2. The number of anilines is 1. The molecular formula is C10H11N3O2. The van der Waals surface area contributed by atoms with Gasteiger partial charge in [0.1, 0.15) is 11.6 Å². The number of hydrogen-bond donors (Lipinski definition) is 3. The van der Waals surface area contributed by atoms with E-state index in [1.807, 2.05) is 0 Å². The van der Waals surface area contributed by atoms with Crippen LogP contribution in [-0.4, -0.2) is 20.0 Å². The van der Waals surface area contributed by atoms with Gasteiger partial charge in [-0.1, -0.05) is 0 Å². The molecule has 0 radical (unpaired) electrons. The second kappa shape index (κ2) is 3.62. The van der Waals surface area contributed by atoms with Crippen LogP contribution in [0, 0.1) is 0 Å². The Labute approximate surface area is 86.4 Å². The van der Waals surface area contributed by atoms with E-state index < -0.39 is 0 Å². The third kappa shape index (κ3) is 1.64. The molecule has 0 saturated heterocycles. The maximum absolute atomic E-state index is 9.12. The van der Waals surface area contributed by atoms with Crippen molar-refractivity contribution >= 4 is 5.82 Å². The second-order valence-corrected chi connectivity index (χ2v) is 3.14. The van der Waals surface area contributed by atoms with Crippen LogP contribution in [0.25, 0.3) is 5.69 Å². The lowest BCUT2D eigenvalue weighted by Gasteiger charge is -2.04. The van der Waals surface area contributed by atoms with Crippen LogP contribution in [-0.2, 0) is 6.61 Å². The number of nitrogen functional groups attached to an aromatic ring is 1. The molecule has 2 rings (SSSR count). The Morgan fingerprint density at radius 3 is 2.47 bits per heavy atom. The van der Waals surface area contributed by atoms with E-state index in [1.54, 1.807) is 24.3 Å². The predicted octanol–water partition coefficient (Wildman–Crippen LogP) is 0.652. The van der Waals surface area contributed by atoms with Crippen molar-refractivity contribution < 1.29 is 10.2 Å². The molecule has 1 aromatic heterocycles. The SMILES string of the molecule is Nc1c(CO)cnn1-c1ccc(O)cc1. The highest BCUT2D eigenvalue weighted by Gasteiger charge is 2.07. The molecule has 1 heterocycles. The molecule has 5 nitrogen and oxygen atoms in total. The molecule has 0 bridgehead atoms. The third-order valence-electron chi connectivity index (χ3n) is 2.15. The average molecular weight is 205 g/mol. The number of aromatic nitrogens is 2. The Balaban J connectivity index is 2.45.